The van der Waals surface area contributed by atoms with Crippen molar-refractivity contribution in [2.45, 2.75) is 24.5 Å². The lowest BCUT2D eigenvalue weighted by molar-refractivity contribution is -0.137. The maximum Gasteiger partial charge on any atom is 0.416 e. The van der Waals surface area contributed by atoms with E-state index in [4.69, 9.17) is 4.74 Å². The number of fused-ring (bicyclic) bond motifs is 1. The van der Waals surface area contributed by atoms with Crippen molar-refractivity contribution in [1.82, 2.24) is 9.88 Å². The molecule has 3 aromatic carbocycles. The minimum Gasteiger partial charge on any atom is -0.494 e. The normalized spacial score (nSPS) is 11.4. The van der Waals surface area contributed by atoms with Gasteiger partial charge in [0.15, 0.2) is 0 Å². The molecule has 38 heavy (non-hydrogen) atoms. The highest BCUT2D eigenvalue weighted by atomic mass is 32.2. The number of hydrogen-bond acceptors (Lipinski definition) is 4. The van der Waals surface area contributed by atoms with Gasteiger partial charge in [-0.15, -0.1) is 11.8 Å². The largest absolute Gasteiger partial charge is 0.494 e. The van der Waals surface area contributed by atoms with Crippen LogP contribution >= 0.6 is 11.8 Å². The summed E-state index contributed by atoms with van der Waals surface area (Å²) in [5.41, 5.74) is 0.690. The second-order valence-corrected chi connectivity index (χ2v) is 9.35. The second-order valence-electron chi connectivity index (χ2n) is 8.33. The smallest absolute Gasteiger partial charge is 0.416 e. The number of amides is 2. The first-order valence-corrected chi connectivity index (χ1v) is 12.9. The van der Waals surface area contributed by atoms with Gasteiger partial charge < -0.3 is 19.9 Å². The monoisotopic (exact) mass is 541 g/mol. The molecule has 4 rings (SSSR count). The van der Waals surface area contributed by atoms with Crippen molar-refractivity contribution in [3.8, 4) is 5.75 Å². The Labute approximate surface area is 222 Å². The lowest BCUT2D eigenvalue weighted by Crippen LogP contribution is -2.27. The van der Waals surface area contributed by atoms with E-state index in [1.807, 2.05) is 42.0 Å². The first-order chi connectivity index (χ1) is 18.2. The molecule has 2 N–H and O–H groups in total. The number of benzene rings is 3. The molecule has 0 unspecified atom stereocenters. The van der Waals surface area contributed by atoms with Gasteiger partial charge >= 0.3 is 6.18 Å². The number of carbonyl (C=O) groups excluding carboxylic acids is 2. The van der Waals surface area contributed by atoms with Crippen LogP contribution in [0.15, 0.2) is 83.9 Å². The Kier molecular flexibility index (Phi) is 8.62. The van der Waals surface area contributed by atoms with Gasteiger partial charge in [-0.25, -0.2) is 0 Å². The molecule has 10 heteroatoms. The zero-order valence-electron chi connectivity index (χ0n) is 20.5. The Morgan fingerprint density at radius 3 is 2.50 bits per heavy atom. The predicted molar refractivity (Wildman–Crippen MR) is 143 cm³/mol. The number of anilines is 1. The van der Waals surface area contributed by atoms with E-state index in [1.54, 1.807) is 24.3 Å². The molecular weight excluding hydrogens is 515 g/mol. The fraction of sp³-hybridized carbons (Fsp3) is 0.214. The van der Waals surface area contributed by atoms with Crippen molar-refractivity contribution >= 4 is 40.2 Å². The van der Waals surface area contributed by atoms with Crippen molar-refractivity contribution < 1.29 is 27.5 Å². The minimum atomic E-state index is -4.51. The van der Waals surface area contributed by atoms with Crippen molar-refractivity contribution in [1.29, 1.82) is 0 Å². The highest BCUT2D eigenvalue weighted by Gasteiger charge is 2.30. The van der Waals surface area contributed by atoms with E-state index in [0.717, 1.165) is 33.7 Å². The number of alkyl halides is 3. The summed E-state index contributed by atoms with van der Waals surface area (Å²) in [5.74, 6) is 0.212. The highest BCUT2D eigenvalue weighted by molar-refractivity contribution is 8.00. The molecule has 0 spiro atoms. The Morgan fingerprint density at radius 1 is 1.00 bits per heavy atom. The molecule has 0 saturated heterocycles. The van der Waals surface area contributed by atoms with Crippen LogP contribution in [-0.4, -0.2) is 35.3 Å². The highest BCUT2D eigenvalue weighted by Crippen LogP contribution is 2.31. The Balaban J connectivity index is 1.36. The van der Waals surface area contributed by atoms with Crippen LogP contribution in [0.5, 0.6) is 5.75 Å². The summed E-state index contributed by atoms with van der Waals surface area (Å²) in [7, 11) is 0. The molecule has 198 valence electrons. The molecule has 1 heterocycles. The maximum atomic E-state index is 13.0. The number of thioether (sulfide) groups is 1. The van der Waals surface area contributed by atoms with E-state index in [-0.39, 0.29) is 23.8 Å². The summed E-state index contributed by atoms with van der Waals surface area (Å²) in [6, 6.07) is 19.2. The third kappa shape index (κ3) is 6.89. The van der Waals surface area contributed by atoms with Gasteiger partial charge in [0.2, 0.25) is 5.91 Å². The molecule has 0 saturated carbocycles. The molecule has 0 aliphatic rings. The molecule has 0 bridgehead atoms. The van der Waals surface area contributed by atoms with Gasteiger partial charge in [-0.05, 0) is 55.5 Å². The van der Waals surface area contributed by atoms with Crippen molar-refractivity contribution in [3.05, 3.63) is 90.1 Å². The maximum absolute atomic E-state index is 13.0. The van der Waals surface area contributed by atoms with Gasteiger partial charge in [-0.2, -0.15) is 13.2 Å². The quantitative estimate of drug-likeness (QED) is 0.234. The summed E-state index contributed by atoms with van der Waals surface area (Å²) in [6.07, 6.45) is -2.60. The number of carbonyl (C=O) groups is 2. The zero-order valence-corrected chi connectivity index (χ0v) is 21.4. The van der Waals surface area contributed by atoms with E-state index in [2.05, 4.69) is 10.6 Å². The number of hydrogen-bond donors (Lipinski definition) is 2. The molecule has 4 aromatic rings. The van der Waals surface area contributed by atoms with Crippen LogP contribution in [0.4, 0.5) is 18.9 Å². The van der Waals surface area contributed by atoms with Gasteiger partial charge in [-0.3, -0.25) is 9.59 Å². The SMILES string of the molecule is CCOc1ccc(NC(=O)CSc2cn(CCNC(=O)c3cccc(C(F)(F)F)c3)c3ccccc23)cc1. The van der Waals surface area contributed by atoms with Crippen LogP contribution in [0, 0.1) is 0 Å². The van der Waals surface area contributed by atoms with Gasteiger partial charge in [0.05, 0.1) is 17.9 Å². The average molecular weight is 542 g/mol. The lowest BCUT2D eigenvalue weighted by atomic mass is 10.1. The molecule has 0 aliphatic heterocycles. The van der Waals surface area contributed by atoms with Gasteiger partial charge in [-0.1, -0.05) is 24.3 Å². The predicted octanol–water partition coefficient (Wildman–Crippen LogP) is 6.22. The lowest BCUT2D eigenvalue weighted by Gasteiger charge is -2.10. The van der Waals surface area contributed by atoms with E-state index in [0.29, 0.717) is 18.8 Å². The zero-order chi connectivity index (χ0) is 27.1. The van der Waals surface area contributed by atoms with Crippen LogP contribution in [-0.2, 0) is 17.5 Å². The fourth-order valence-corrected chi connectivity index (χ4v) is 4.77. The Hall–Kier alpha value is -3.92. The summed E-state index contributed by atoms with van der Waals surface area (Å²) >= 11 is 1.40. The van der Waals surface area contributed by atoms with Crippen molar-refractivity contribution in [2.24, 2.45) is 0 Å². The van der Waals surface area contributed by atoms with Gasteiger partial charge in [0.1, 0.15) is 5.75 Å². The van der Waals surface area contributed by atoms with Gasteiger partial charge in [0.25, 0.3) is 5.91 Å². The van der Waals surface area contributed by atoms with E-state index >= 15 is 0 Å². The standard InChI is InChI=1S/C28H26F3N3O3S/c1-2-37-22-12-10-21(11-13-22)33-26(35)18-38-25-17-34(24-9-4-3-8-23(24)25)15-14-32-27(36)19-6-5-7-20(16-19)28(29,30)31/h3-13,16-17H,2,14-15,18H2,1H3,(H,32,36)(H,33,35). The summed E-state index contributed by atoms with van der Waals surface area (Å²) < 4.78 is 46.2. The van der Waals surface area contributed by atoms with E-state index in [1.165, 1.54) is 23.9 Å². The summed E-state index contributed by atoms with van der Waals surface area (Å²) in [5, 5.41) is 6.52. The van der Waals surface area contributed by atoms with Crippen LogP contribution in [0.3, 0.4) is 0 Å². The number of halogens is 3. The molecular formula is C28H26F3N3O3S. The third-order valence-corrected chi connectivity index (χ3v) is 6.69. The molecule has 2 amide bonds. The third-order valence-electron chi connectivity index (χ3n) is 5.65. The molecule has 6 nitrogen and oxygen atoms in total. The number of ether oxygens (including phenoxy) is 1. The molecule has 0 fully saturated rings. The Bertz CT molecular complexity index is 1420. The summed E-state index contributed by atoms with van der Waals surface area (Å²) in [6.45, 7) is 3.10. The van der Waals surface area contributed by atoms with E-state index < -0.39 is 17.6 Å². The van der Waals surface area contributed by atoms with Crippen LogP contribution in [0.25, 0.3) is 10.9 Å². The van der Waals surface area contributed by atoms with Crippen LogP contribution in [0.2, 0.25) is 0 Å². The first kappa shape index (κ1) is 27.1. The van der Waals surface area contributed by atoms with Crippen LogP contribution < -0.4 is 15.4 Å². The number of nitrogens with one attached hydrogen (secondary N) is 2. The summed E-state index contributed by atoms with van der Waals surface area (Å²) in [4.78, 5) is 25.8. The number of rotatable bonds is 10. The molecule has 0 aliphatic carbocycles. The topological polar surface area (TPSA) is 72.4 Å². The van der Waals surface area contributed by atoms with Crippen molar-refractivity contribution in [3.63, 3.8) is 0 Å². The second kappa shape index (κ2) is 12.1. The van der Waals surface area contributed by atoms with E-state index in [9.17, 15) is 22.8 Å². The Morgan fingerprint density at radius 2 is 1.76 bits per heavy atom. The number of para-hydroxylation sites is 1. The van der Waals surface area contributed by atoms with Crippen molar-refractivity contribution in [2.75, 3.05) is 24.2 Å². The fourth-order valence-electron chi connectivity index (χ4n) is 3.88. The molecule has 1 aromatic heterocycles. The minimum absolute atomic E-state index is 0.0491. The number of aromatic nitrogens is 1. The van der Waals surface area contributed by atoms with Crippen LogP contribution in [0.1, 0.15) is 22.8 Å². The first-order valence-electron chi connectivity index (χ1n) is 11.9. The molecule has 0 radical (unpaired) electrons. The average Bonchev–Trinajstić information content (AvgIpc) is 3.26. The van der Waals surface area contributed by atoms with Gasteiger partial charge in [0, 0.05) is 46.3 Å². The number of nitrogens with zero attached hydrogens (tertiary/aromatic N) is 1. The molecule has 0 atom stereocenters.